The van der Waals surface area contributed by atoms with Crippen molar-refractivity contribution in [3.05, 3.63) is 36.2 Å². The highest BCUT2D eigenvalue weighted by Crippen LogP contribution is 2.15. The third-order valence-electron chi connectivity index (χ3n) is 1.70. The van der Waals surface area contributed by atoms with E-state index in [-0.39, 0.29) is 0 Å². The highest BCUT2D eigenvalue weighted by Gasteiger charge is 2.02. The number of allylic oxidation sites excluding steroid dienone is 1. The molecule has 0 spiro atoms. The number of pyridine rings is 1. The molecule has 1 atom stereocenters. The molecule has 0 saturated carbocycles. The van der Waals surface area contributed by atoms with E-state index < -0.39 is 6.10 Å². The van der Waals surface area contributed by atoms with Gasteiger partial charge in [-0.2, -0.15) is 0 Å². The van der Waals surface area contributed by atoms with E-state index in [4.69, 9.17) is 0 Å². The standard InChI is InChI=1S/C10H13NO/c1-7(2)9-4-5-11-10(6-9)8(3)12/h4-6,8,12H,1H2,2-3H3. The Labute approximate surface area is 72.6 Å². The van der Waals surface area contributed by atoms with Crippen molar-refractivity contribution in [1.29, 1.82) is 0 Å². The van der Waals surface area contributed by atoms with E-state index in [1.165, 1.54) is 0 Å². The third-order valence-corrected chi connectivity index (χ3v) is 1.70. The van der Waals surface area contributed by atoms with Gasteiger partial charge in [0.2, 0.25) is 0 Å². The van der Waals surface area contributed by atoms with Gasteiger partial charge in [0, 0.05) is 6.20 Å². The number of aliphatic hydroxyl groups is 1. The third kappa shape index (κ3) is 1.92. The second-order valence-electron chi connectivity index (χ2n) is 2.93. The lowest BCUT2D eigenvalue weighted by Gasteiger charge is -2.05. The average Bonchev–Trinajstić information content (AvgIpc) is 2.04. The minimum absolute atomic E-state index is 0.510. The van der Waals surface area contributed by atoms with E-state index in [1.807, 2.05) is 19.1 Å². The van der Waals surface area contributed by atoms with Crippen LogP contribution >= 0.6 is 0 Å². The lowest BCUT2D eigenvalue weighted by Crippen LogP contribution is -1.95. The summed E-state index contributed by atoms with van der Waals surface area (Å²) in [6, 6.07) is 3.74. The molecule has 64 valence electrons. The number of aliphatic hydroxyl groups excluding tert-OH is 1. The molecule has 1 aromatic heterocycles. The van der Waals surface area contributed by atoms with Gasteiger partial charge in [-0.25, -0.2) is 0 Å². The lowest BCUT2D eigenvalue weighted by molar-refractivity contribution is 0.194. The Morgan fingerprint density at radius 2 is 2.33 bits per heavy atom. The van der Waals surface area contributed by atoms with Crippen molar-refractivity contribution in [2.45, 2.75) is 20.0 Å². The second-order valence-corrected chi connectivity index (χ2v) is 2.93. The van der Waals surface area contributed by atoms with Crippen LogP contribution in [0.3, 0.4) is 0 Å². The summed E-state index contributed by atoms with van der Waals surface area (Å²) in [5.74, 6) is 0. The first kappa shape index (κ1) is 8.94. The second kappa shape index (κ2) is 3.50. The van der Waals surface area contributed by atoms with Crippen LogP contribution in [0.5, 0.6) is 0 Å². The van der Waals surface area contributed by atoms with Crippen LogP contribution < -0.4 is 0 Å². The van der Waals surface area contributed by atoms with E-state index in [0.29, 0.717) is 5.69 Å². The van der Waals surface area contributed by atoms with Gasteiger partial charge in [-0.15, -0.1) is 0 Å². The molecule has 0 bridgehead atoms. The topological polar surface area (TPSA) is 33.1 Å². The predicted molar refractivity (Wildman–Crippen MR) is 49.6 cm³/mol. The SMILES string of the molecule is C=C(C)c1ccnc(C(C)O)c1. The number of hydrogen-bond acceptors (Lipinski definition) is 2. The summed E-state index contributed by atoms with van der Waals surface area (Å²) in [4.78, 5) is 4.03. The lowest BCUT2D eigenvalue weighted by atomic mass is 10.1. The highest BCUT2D eigenvalue weighted by atomic mass is 16.3. The summed E-state index contributed by atoms with van der Waals surface area (Å²) in [5, 5.41) is 9.24. The van der Waals surface area contributed by atoms with Crippen LogP contribution in [0.2, 0.25) is 0 Å². The van der Waals surface area contributed by atoms with Gasteiger partial charge in [0.05, 0.1) is 11.8 Å². The van der Waals surface area contributed by atoms with Crippen LogP contribution in [0.25, 0.3) is 5.57 Å². The Bertz CT molecular complexity index is 292. The molecule has 1 heterocycles. The molecular weight excluding hydrogens is 150 g/mol. The Morgan fingerprint density at radius 3 is 2.83 bits per heavy atom. The first-order chi connectivity index (χ1) is 5.61. The predicted octanol–water partition coefficient (Wildman–Crippen LogP) is 2.17. The van der Waals surface area contributed by atoms with Gasteiger partial charge in [-0.05, 0) is 31.5 Å². The fraction of sp³-hybridized carbons (Fsp3) is 0.300. The van der Waals surface area contributed by atoms with Gasteiger partial charge >= 0.3 is 0 Å². The molecule has 0 aliphatic carbocycles. The van der Waals surface area contributed by atoms with Crippen molar-refractivity contribution in [3.8, 4) is 0 Å². The first-order valence-corrected chi connectivity index (χ1v) is 3.91. The maximum absolute atomic E-state index is 9.24. The molecule has 1 rings (SSSR count). The molecule has 2 heteroatoms. The number of hydrogen-bond donors (Lipinski definition) is 1. The molecule has 2 nitrogen and oxygen atoms in total. The minimum Gasteiger partial charge on any atom is -0.387 e. The monoisotopic (exact) mass is 163 g/mol. The van der Waals surface area contributed by atoms with E-state index in [2.05, 4.69) is 11.6 Å². The maximum atomic E-state index is 9.24. The van der Waals surface area contributed by atoms with E-state index in [1.54, 1.807) is 13.1 Å². The van der Waals surface area contributed by atoms with Gasteiger partial charge < -0.3 is 5.11 Å². The summed E-state index contributed by atoms with van der Waals surface area (Å²) < 4.78 is 0. The van der Waals surface area contributed by atoms with Crippen molar-refractivity contribution in [2.75, 3.05) is 0 Å². The molecule has 1 aromatic rings. The summed E-state index contributed by atoms with van der Waals surface area (Å²) in [7, 11) is 0. The Balaban J connectivity index is 3.04. The van der Waals surface area contributed by atoms with Gasteiger partial charge in [0.15, 0.2) is 0 Å². The molecule has 1 unspecified atom stereocenters. The summed E-state index contributed by atoms with van der Waals surface area (Å²) in [6.45, 7) is 7.45. The molecular formula is C10H13NO. The molecule has 12 heavy (non-hydrogen) atoms. The van der Waals surface area contributed by atoms with Gasteiger partial charge in [0.25, 0.3) is 0 Å². The molecule has 0 aliphatic rings. The summed E-state index contributed by atoms with van der Waals surface area (Å²) >= 11 is 0. The smallest absolute Gasteiger partial charge is 0.0931 e. The van der Waals surface area contributed by atoms with Crippen LogP contribution in [0.1, 0.15) is 31.2 Å². The molecule has 0 aliphatic heterocycles. The van der Waals surface area contributed by atoms with Crippen molar-refractivity contribution in [2.24, 2.45) is 0 Å². The normalized spacial score (nSPS) is 12.6. The Kier molecular flexibility index (Phi) is 2.61. The quantitative estimate of drug-likeness (QED) is 0.724. The largest absolute Gasteiger partial charge is 0.387 e. The minimum atomic E-state index is -0.510. The van der Waals surface area contributed by atoms with E-state index in [0.717, 1.165) is 11.1 Å². The summed E-state index contributed by atoms with van der Waals surface area (Å²) in [6.07, 6.45) is 1.18. The van der Waals surface area contributed by atoms with E-state index in [9.17, 15) is 5.11 Å². The van der Waals surface area contributed by atoms with Crippen LogP contribution in [-0.4, -0.2) is 10.1 Å². The molecule has 0 radical (unpaired) electrons. The summed E-state index contributed by atoms with van der Waals surface area (Å²) in [5.41, 5.74) is 2.70. The first-order valence-electron chi connectivity index (χ1n) is 3.91. The average molecular weight is 163 g/mol. The van der Waals surface area contributed by atoms with Crippen LogP contribution in [0.15, 0.2) is 24.9 Å². The fourth-order valence-corrected chi connectivity index (χ4v) is 0.942. The Hall–Kier alpha value is -1.15. The molecule has 0 saturated heterocycles. The van der Waals surface area contributed by atoms with Crippen LogP contribution in [0.4, 0.5) is 0 Å². The molecule has 0 aromatic carbocycles. The zero-order valence-corrected chi connectivity index (χ0v) is 7.41. The van der Waals surface area contributed by atoms with Crippen LogP contribution in [-0.2, 0) is 0 Å². The number of nitrogens with zero attached hydrogens (tertiary/aromatic N) is 1. The number of aromatic nitrogens is 1. The van der Waals surface area contributed by atoms with Crippen molar-refractivity contribution >= 4 is 5.57 Å². The maximum Gasteiger partial charge on any atom is 0.0931 e. The molecule has 1 N–H and O–H groups in total. The molecule has 0 amide bonds. The fourth-order valence-electron chi connectivity index (χ4n) is 0.942. The zero-order chi connectivity index (χ0) is 9.14. The number of rotatable bonds is 2. The van der Waals surface area contributed by atoms with Crippen molar-refractivity contribution in [1.82, 2.24) is 4.98 Å². The van der Waals surface area contributed by atoms with Crippen molar-refractivity contribution < 1.29 is 5.11 Å². The van der Waals surface area contributed by atoms with Gasteiger partial charge in [-0.3, -0.25) is 4.98 Å². The Morgan fingerprint density at radius 1 is 1.67 bits per heavy atom. The van der Waals surface area contributed by atoms with Crippen molar-refractivity contribution in [3.63, 3.8) is 0 Å². The van der Waals surface area contributed by atoms with E-state index >= 15 is 0 Å². The zero-order valence-electron chi connectivity index (χ0n) is 7.41. The molecule has 0 fully saturated rings. The van der Waals surface area contributed by atoms with Gasteiger partial charge in [0.1, 0.15) is 0 Å². The van der Waals surface area contributed by atoms with Crippen LogP contribution in [0, 0.1) is 0 Å². The van der Waals surface area contributed by atoms with Gasteiger partial charge in [-0.1, -0.05) is 12.2 Å². The highest BCUT2D eigenvalue weighted by molar-refractivity contribution is 5.61.